The van der Waals surface area contributed by atoms with E-state index in [-0.39, 0.29) is 0 Å². The molecule has 1 aromatic rings. The fourth-order valence-electron chi connectivity index (χ4n) is 2.37. The van der Waals surface area contributed by atoms with Gasteiger partial charge in [0.1, 0.15) is 5.75 Å². The monoisotopic (exact) mass is 233 g/mol. The SMILES string of the molecule is CCCNC1CCCOc2cc(C)c(C)cc21. The molecule has 0 fully saturated rings. The second kappa shape index (κ2) is 5.54. The van der Waals surface area contributed by atoms with E-state index in [0.717, 1.165) is 25.3 Å². The van der Waals surface area contributed by atoms with Crippen LogP contribution in [0.1, 0.15) is 48.9 Å². The molecule has 2 nitrogen and oxygen atoms in total. The molecule has 1 aliphatic rings. The van der Waals surface area contributed by atoms with Crippen LogP contribution < -0.4 is 10.1 Å². The molecule has 94 valence electrons. The first-order valence-electron chi connectivity index (χ1n) is 6.69. The van der Waals surface area contributed by atoms with Crippen molar-refractivity contribution >= 4 is 0 Å². The van der Waals surface area contributed by atoms with Crippen LogP contribution in [0.2, 0.25) is 0 Å². The van der Waals surface area contributed by atoms with Gasteiger partial charge < -0.3 is 10.1 Å². The molecule has 1 N–H and O–H groups in total. The molecule has 0 radical (unpaired) electrons. The van der Waals surface area contributed by atoms with Crippen molar-refractivity contribution in [2.45, 2.75) is 46.1 Å². The summed E-state index contributed by atoms with van der Waals surface area (Å²) in [6.45, 7) is 8.47. The van der Waals surface area contributed by atoms with E-state index >= 15 is 0 Å². The molecule has 0 saturated carbocycles. The summed E-state index contributed by atoms with van der Waals surface area (Å²) in [5, 5.41) is 3.63. The Hall–Kier alpha value is -1.02. The van der Waals surface area contributed by atoms with Crippen molar-refractivity contribution in [3.05, 3.63) is 28.8 Å². The van der Waals surface area contributed by atoms with Crippen LogP contribution in [0.3, 0.4) is 0 Å². The highest BCUT2D eigenvalue weighted by Gasteiger charge is 2.19. The summed E-state index contributed by atoms with van der Waals surface area (Å²) >= 11 is 0. The van der Waals surface area contributed by atoms with Crippen molar-refractivity contribution in [1.82, 2.24) is 5.32 Å². The Labute approximate surface area is 104 Å². The Bertz CT molecular complexity index is 387. The number of aryl methyl sites for hydroxylation is 2. The third-order valence-corrected chi connectivity index (χ3v) is 3.54. The number of hydrogen-bond donors (Lipinski definition) is 1. The second-order valence-electron chi connectivity index (χ2n) is 4.97. The summed E-state index contributed by atoms with van der Waals surface area (Å²) < 4.78 is 5.85. The minimum absolute atomic E-state index is 0.465. The fraction of sp³-hybridized carbons (Fsp3) is 0.600. The normalized spacial score (nSPS) is 19.4. The Morgan fingerprint density at radius 1 is 1.29 bits per heavy atom. The molecule has 2 rings (SSSR count). The quantitative estimate of drug-likeness (QED) is 0.862. The van der Waals surface area contributed by atoms with Crippen molar-refractivity contribution in [2.24, 2.45) is 0 Å². The number of ether oxygens (including phenoxy) is 1. The molecule has 2 heteroatoms. The van der Waals surface area contributed by atoms with Crippen molar-refractivity contribution in [3.8, 4) is 5.75 Å². The van der Waals surface area contributed by atoms with Crippen LogP contribution in [-0.4, -0.2) is 13.2 Å². The first-order chi connectivity index (χ1) is 8.22. The summed E-state index contributed by atoms with van der Waals surface area (Å²) in [4.78, 5) is 0. The maximum atomic E-state index is 5.85. The van der Waals surface area contributed by atoms with Gasteiger partial charge in [-0.05, 0) is 56.8 Å². The van der Waals surface area contributed by atoms with Gasteiger partial charge in [0.25, 0.3) is 0 Å². The summed E-state index contributed by atoms with van der Waals surface area (Å²) in [6.07, 6.45) is 3.49. The number of benzene rings is 1. The fourth-order valence-corrected chi connectivity index (χ4v) is 2.37. The highest BCUT2D eigenvalue weighted by molar-refractivity contribution is 5.44. The lowest BCUT2D eigenvalue weighted by atomic mass is 9.97. The number of rotatable bonds is 3. The van der Waals surface area contributed by atoms with Gasteiger partial charge in [-0.3, -0.25) is 0 Å². The predicted octanol–water partition coefficient (Wildman–Crippen LogP) is 3.52. The Morgan fingerprint density at radius 2 is 2.06 bits per heavy atom. The highest BCUT2D eigenvalue weighted by atomic mass is 16.5. The number of fused-ring (bicyclic) bond motifs is 1. The molecule has 17 heavy (non-hydrogen) atoms. The molecule has 1 aromatic carbocycles. The van der Waals surface area contributed by atoms with Crippen molar-refractivity contribution in [1.29, 1.82) is 0 Å². The second-order valence-corrected chi connectivity index (χ2v) is 4.97. The maximum absolute atomic E-state index is 5.85. The molecular weight excluding hydrogens is 210 g/mol. The zero-order valence-electron chi connectivity index (χ0n) is 11.2. The van der Waals surface area contributed by atoms with E-state index in [1.54, 1.807) is 0 Å². The molecule has 0 spiro atoms. The average molecular weight is 233 g/mol. The summed E-state index contributed by atoms with van der Waals surface area (Å²) in [5.41, 5.74) is 4.02. The first-order valence-corrected chi connectivity index (χ1v) is 6.69. The minimum atomic E-state index is 0.465. The van der Waals surface area contributed by atoms with Crippen molar-refractivity contribution in [2.75, 3.05) is 13.2 Å². The number of nitrogens with one attached hydrogen (secondary N) is 1. The van der Waals surface area contributed by atoms with Crippen LogP contribution in [0, 0.1) is 13.8 Å². The molecule has 0 aliphatic carbocycles. The molecule has 1 aliphatic heterocycles. The lowest BCUT2D eigenvalue weighted by Crippen LogP contribution is -2.21. The van der Waals surface area contributed by atoms with Gasteiger partial charge in [0.2, 0.25) is 0 Å². The zero-order chi connectivity index (χ0) is 12.3. The van der Waals surface area contributed by atoms with Crippen LogP contribution in [0.4, 0.5) is 0 Å². The van der Waals surface area contributed by atoms with Crippen LogP contribution >= 0.6 is 0 Å². The van der Waals surface area contributed by atoms with Gasteiger partial charge in [-0.15, -0.1) is 0 Å². The van der Waals surface area contributed by atoms with Crippen LogP contribution in [-0.2, 0) is 0 Å². The smallest absolute Gasteiger partial charge is 0.124 e. The van der Waals surface area contributed by atoms with Crippen LogP contribution in [0.25, 0.3) is 0 Å². The van der Waals surface area contributed by atoms with Crippen LogP contribution in [0.15, 0.2) is 12.1 Å². The Kier molecular flexibility index (Phi) is 4.06. The Morgan fingerprint density at radius 3 is 2.82 bits per heavy atom. The third kappa shape index (κ3) is 2.81. The van der Waals surface area contributed by atoms with E-state index in [2.05, 4.69) is 38.2 Å². The lowest BCUT2D eigenvalue weighted by Gasteiger charge is -2.19. The van der Waals surface area contributed by atoms with Gasteiger partial charge in [0.15, 0.2) is 0 Å². The summed E-state index contributed by atoms with van der Waals surface area (Å²) in [7, 11) is 0. The zero-order valence-corrected chi connectivity index (χ0v) is 11.2. The van der Waals surface area contributed by atoms with Crippen LogP contribution in [0.5, 0.6) is 5.75 Å². The highest BCUT2D eigenvalue weighted by Crippen LogP contribution is 2.33. The third-order valence-electron chi connectivity index (χ3n) is 3.54. The Balaban J connectivity index is 2.30. The van der Waals surface area contributed by atoms with E-state index < -0.39 is 0 Å². The van der Waals surface area contributed by atoms with Gasteiger partial charge in [-0.1, -0.05) is 13.0 Å². The molecule has 1 atom stereocenters. The summed E-state index contributed by atoms with van der Waals surface area (Å²) in [6, 6.07) is 4.95. The van der Waals surface area contributed by atoms with Crippen molar-refractivity contribution in [3.63, 3.8) is 0 Å². The van der Waals surface area contributed by atoms with E-state index in [0.29, 0.717) is 6.04 Å². The van der Waals surface area contributed by atoms with Gasteiger partial charge in [-0.25, -0.2) is 0 Å². The molecule has 1 unspecified atom stereocenters. The molecule has 0 aromatic heterocycles. The first kappa shape index (κ1) is 12.4. The standard InChI is InChI=1S/C15H23NO/c1-4-7-16-14-6-5-8-17-15-10-12(3)11(2)9-13(14)15/h9-10,14,16H,4-8H2,1-3H3. The van der Waals surface area contributed by atoms with Gasteiger partial charge in [0.05, 0.1) is 6.61 Å². The predicted molar refractivity (Wildman–Crippen MR) is 71.7 cm³/mol. The van der Waals surface area contributed by atoms with Crippen molar-refractivity contribution < 1.29 is 4.74 Å². The summed E-state index contributed by atoms with van der Waals surface area (Å²) in [5.74, 6) is 1.08. The molecular formula is C15H23NO. The molecule has 0 amide bonds. The lowest BCUT2D eigenvalue weighted by molar-refractivity contribution is 0.315. The molecule has 0 saturated heterocycles. The van der Waals surface area contributed by atoms with Gasteiger partial charge >= 0.3 is 0 Å². The van der Waals surface area contributed by atoms with E-state index in [9.17, 15) is 0 Å². The van der Waals surface area contributed by atoms with Gasteiger partial charge in [-0.2, -0.15) is 0 Å². The van der Waals surface area contributed by atoms with E-state index in [1.165, 1.54) is 29.5 Å². The number of hydrogen-bond acceptors (Lipinski definition) is 2. The van der Waals surface area contributed by atoms with E-state index in [4.69, 9.17) is 4.74 Å². The molecule has 0 bridgehead atoms. The minimum Gasteiger partial charge on any atom is -0.493 e. The van der Waals surface area contributed by atoms with E-state index in [1.807, 2.05) is 0 Å². The topological polar surface area (TPSA) is 21.3 Å². The molecule has 1 heterocycles. The average Bonchev–Trinajstić information content (AvgIpc) is 2.50. The van der Waals surface area contributed by atoms with Gasteiger partial charge in [0, 0.05) is 11.6 Å². The maximum Gasteiger partial charge on any atom is 0.124 e. The largest absolute Gasteiger partial charge is 0.493 e.